The van der Waals surface area contributed by atoms with Gasteiger partial charge in [-0.25, -0.2) is 9.59 Å². The van der Waals surface area contributed by atoms with Gasteiger partial charge in [-0.05, 0) is 46.6 Å². The number of carbonyl (C=O) groups excluding carboxylic acids is 2. The lowest BCUT2D eigenvalue weighted by molar-refractivity contribution is -0.142. The fourth-order valence-electron chi connectivity index (χ4n) is 4.75. The number of benzene rings is 3. The van der Waals surface area contributed by atoms with Crippen LogP contribution in [0.5, 0.6) is 0 Å². The van der Waals surface area contributed by atoms with E-state index in [0.29, 0.717) is 5.56 Å². The molecule has 7 nitrogen and oxygen atoms in total. The quantitative estimate of drug-likeness (QED) is 0.457. The summed E-state index contributed by atoms with van der Waals surface area (Å²) in [5.74, 6) is -1.84. The second-order valence-electron chi connectivity index (χ2n) is 8.98. The van der Waals surface area contributed by atoms with Gasteiger partial charge in [0.15, 0.2) is 0 Å². The highest BCUT2D eigenvalue weighted by Crippen LogP contribution is 2.44. The van der Waals surface area contributed by atoms with Crippen molar-refractivity contribution in [1.82, 2.24) is 10.6 Å². The minimum Gasteiger partial charge on any atom is -0.480 e. The van der Waals surface area contributed by atoms with E-state index in [4.69, 9.17) is 4.74 Å². The minimum atomic E-state index is -1.08. The highest BCUT2D eigenvalue weighted by molar-refractivity contribution is 5.90. The summed E-state index contributed by atoms with van der Waals surface area (Å²) in [4.78, 5) is 37.5. The summed E-state index contributed by atoms with van der Waals surface area (Å²) in [5.41, 5.74) is 4.97. The maximum Gasteiger partial charge on any atom is 0.408 e. The molecule has 0 heterocycles. The van der Waals surface area contributed by atoms with E-state index in [1.807, 2.05) is 36.4 Å². The zero-order valence-electron chi connectivity index (χ0n) is 19.0. The standard InChI is InChI=1S/C28H26N2O5/c31-26(29-25(27(32)33)18-14-15-18)24(17-8-2-1-3-9-17)30-28(34)35-16-23-21-12-6-4-10-19(21)20-11-5-7-13-22(20)23/h1-13,18,23-25H,14-16H2,(H,29,31)(H,30,34)(H,32,33)/t24-,25?/m0/s1. The molecule has 3 N–H and O–H groups in total. The largest absolute Gasteiger partial charge is 0.480 e. The van der Waals surface area contributed by atoms with Crippen LogP contribution in [0.15, 0.2) is 78.9 Å². The SMILES string of the molecule is O=C(N[C@H](C(=O)NC(C(=O)O)C1CC1)c1ccccc1)OCC1c2ccccc2-c2ccccc21. The van der Waals surface area contributed by atoms with Crippen molar-refractivity contribution in [3.63, 3.8) is 0 Å². The second-order valence-corrected chi connectivity index (χ2v) is 8.98. The van der Waals surface area contributed by atoms with Crippen molar-refractivity contribution in [1.29, 1.82) is 0 Å². The highest BCUT2D eigenvalue weighted by Gasteiger charge is 2.39. The Morgan fingerprint density at radius 2 is 1.40 bits per heavy atom. The summed E-state index contributed by atoms with van der Waals surface area (Å²) < 4.78 is 5.61. The Hall–Kier alpha value is -4.13. The molecule has 178 valence electrons. The van der Waals surface area contributed by atoms with Crippen molar-refractivity contribution >= 4 is 18.0 Å². The van der Waals surface area contributed by atoms with Gasteiger partial charge in [-0.3, -0.25) is 4.79 Å². The third-order valence-electron chi connectivity index (χ3n) is 6.66. The molecule has 1 saturated carbocycles. The van der Waals surface area contributed by atoms with Crippen LogP contribution < -0.4 is 10.6 Å². The number of alkyl carbamates (subject to hydrolysis) is 1. The number of fused-ring (bicyclic) bond motifs is 3. The molecule has 5 rings (SSSR count). The number of nitrogens with one attached hydrogen (secondary N) is 2. The van der Waals surface area contributed by atoms with Crippen LogP contribution in [0.4, 0.5) is 4.79 Å². The van der Waals surface area contributed by atoms with Crippen LogP contribution in [0.1, 0.15) is 41.5 Å². The molecular formula is C28H26N2O5. The molecule has 3 aromatic carbocycles. The topological polar surface area (TPSA) is 105 Å². The van der Waals surface area contributed by atoms with Gasteiger partial charge in [0.2, 0.25) is 5.91 Å². The number of carbonyl (C=O) groups is 3. The number of hydrogen-bond donors (Lipinski definition) is 3. The smallest absolute Gasteiger partial charge is 0.408 e. The first kappa shape index (κ1) is 22.7. The highest BCUT2D eigenvalue weighted by atomic mass is 16.5. The van der Waals surface area contributed by atoms with Crippen LogP contribution in [0.2, 0.25) is 0 Å². The molecule has 2 atom stereocenters. The van der Waals surface area contributed by atoms with E-state index in [0.717, 1.165) is 35.1 Å². The maximum absolute atomic E-state index is 13.1. The summed E-state index contributed by atoms with van der Waals surface area (Å²) in [7, 11) is 0. The summed E-state index contributed by atoms with van der Waals surface area (Å²) in [5, 5.41) is 14.7. The molecule has 2 aliphatic rings. The van der Waals surface area contributed by atoms with E-state index in [1.165, 1.54) is 0 Å². The third kappa shape index (κ3) is 4.75. The molecule has 0 aliphatic heterocycles. The van der Waals surface area contributed by atoms with Crippen LogP contribution in [-0.2, 0) is 14.3 Å². The summed E-state index contributed by atoms with van der Waals surface area (Å²) in [6.45, 7) is 0.114. The molecule has 0 radical (unpaired) electrons. The molecule has 1 fully saturated rings. The molecule has 1 unspecified atom stereocenters. The first-order valence-electron chi connectivity index (χ1n) is 11.7. The van der Waals surface area contributed by atoms with Gasteiger partial charge in [-0.1, -0.05) is 78.9 Å². The van der Waals surface area contributed by atoms with E-state index in [1.54, 1.807) is 30.3 Å². The summed E-state index contributed by atoms with van der Waals surface area (Å²) in [6.07, 6.45) is 0.772. The predicted octanol–water partition coefficient (Wildman–Crippen LogP) is 4.25. The monoisotopic (exact) mass is 470 g/mol. The van der Waals surface area contributed by atoms with E-state index in [-0.39, 0.29) is 18.4 Å². The number of carboxylic acids is 1. The normalized spacial score (nSPS) is 15.9. The molecule has 0 bridgehead atoms. The number of carboxylic acid groups (broad SMARTS) is 1. The maximum atomic E-state index is 13.1. The van der Waals surface area contributed by atoms with Crippen molar-refractivity contribution in [3.8, 4) is 11.1 Å². The molecule has 7 heteroatoms. The lowest BCUT2D eigenvalue weighted by Crippen LogP contribution is -2.48. The van der Waals surface area contributed by atoms with Crippen molar-refractivity contribution in [2.24, 2.45) is 5.92 Å². The van der Waals surface area contributed by atoms with Crippen LogP contribution in [0.25, 0.3) is 11.1 Å². The zero-order valence-corrected chi connectivity index (χ0v) is 19.0. The molecule has 35 heavy (non-hydrogen) atoms. The molecular weight excluding hydrogens is 444 g/mol. The van der Waals surface area contributed by atoms with Crippen LogP contribution in [0.3, 0.4) is 0 Å². The number of amides is 2. The molecule has 2 amide bonds. The van der Waals surface area contributed by atoms with Crippen LogP contribution >= 0.6 is 0 Å². The third-order valence-corrected chi connectivity index (χ3v) is 6.66. The predicted molar refractivity (Wildman–Crippen MR) is 130 cm³/mol. The van der Waals surface area contributed by atoms with Gasteiger partial charge in [0.05, 0.1) is 0 Å². The Labute approximate surface area is 203 Å². The summed E-state index contributed by atoms with van der Waals surface area (Å²) >= 11 is 0. The lowest BCUT2D eigenvalue weighted by atomic mass is 9.98. The fourth-order valence-corrected chi connectivity index (χ4v) is 4.75. The molecule has 0 spiro atoms. The number of aliphatic carboxylic acids is 1. The van der Waals surface area contributed by atoms with Gasteiger partial charge in [-0.2, -0.15) is 0 Å². The summed E-state index contributed by atoms with van der Waals surface area (Å²) in [6, 6.07) is 22.8. The lowest BCUT2D eigenvalue weighted by Gasteiger charge is -2.22. The average molecular weight is 471 g/mol. The Balaban J connectivity index is 1.30. The van der Waals surface area contributed by atoms with Gasteiger partial charge >= 0.3 is 12.1 Å². The van der Waals surface area contributed by atoms with Crippen molar-refractivity contribution in [3.05, 3.63) is 95.6 Å². The minimum absolute atomic E-state index is 0.0812. The van der Waals surface area contributed by atoms with E-state index < -0.39 is 30.1 Å². The van der Waals surface area contributed by atoms with Crippen molar-refractivity contribution in [2.45, 2.75) is 30.8 Å². The first-order valence-corrected chi connectivity index (χ1v) is 11.7. The van der Waals surface area contributed by atoms with Gasteiger partial charge in [-0.15, -0.1) is 0 Å². The van der Waals surface area contributed by atoms with E-state index in [2.05, 4.69) is 22.8 Å². The van der Waals surface area contributed by atoms with Crippen molar-refractivity contribution < 1.29 is 24.2 Å². The van der Waals surface area contributed by atoms with Gasteiger partial charge in [0.25, 0.3) is 0 Å². The van der Waals surface area contributed by atoms with Gasteiger partial charge < -0.3 is 20.5 Å². The zero-order chi connectivity index (χ0) is 24.4. The molecule has 0 aromatic heterocycles. The van der Waals surface area contributed by atoms with Crippen molar-refractivity contribution in [2.75, 3.05) is 6.61 Å². The Kier molecular flexibility index (Phi) is 6.23. The molecule has 0 saturated heterocycles. The number of ether oxygens (including phenoxy) is 1. The Bertz CT molecular complexity index is 1210. The molecule has 2 aliphatic carbocycles. The van der Waals surface area contributed by atoms with E-state index >= 15 is 0 Å². The van der Waals surface area contributed by atoms with Gasteiger partial charge in [0.1, 0.15) is 18.7 Å². The van der Waals surface area contributed by atoms with Gasteiger partial charge in [0, 0.05) is 5.92 Å². The van der Waals surface area contributed by atoms with E-state index in [9.17, 15) is 19.5 Å². The van der Waals surface area contributed by atoms with Crippen LogP contribution in [-0.4, -0.2) is 35.7 Å². The molecule has 3 aromatic rings. The number of hydrogen-bond acceptors (Lipinski definition) is 4. The second kappa shape index (κ2) is 9.62. The average Bonchev–Trinajstić information content (AvgIpc) is 3.67. The van der Waals surface area contributed by atoms with Crippen LogP contribution in [0, 0.1) is 5.92 Å². The number of rotatable bonds is 8. The first-order chi connectivity index (χ1) is 17.0. The fraction of sp³-hybridized carbons (Fsp3) is 0.250. The Morgan fingerprint density at radius 3 is 1.97 bits per heavy atom. The Morgan fingerprint density at radius 1 is 0.829 bits per heavy atom.